The highest BCUT2D eigenvalue weighted by atomic mass is 32.1. The number of pyridine rings is 1. The number of amides is 1. The van der Waals surface area contributed by atoms with Crippen LogP contribution < -0.4 is 26.8 Å². The molecule has 0 unspecified atom stereocenters. The molecule has 152 valence electrons. The van der Waals surface area contributed by atoms with Crippen LogP contribution in [-0.2, 0) is 6.42 Å². The summed E-state index contributed by atoms with van der Waals surface area (Å²) in [6.07, 6.45) is 0.470. The Bertz CT molecular complexity index is 1080. The molecule has 3 heterocycles. The van der Waals surface area contributed by atoms with Gasteiger partial charge in [0.1, 0.15) is 16.3 Å². The zero-order valence-corrected chi connectivity index (χ0v) is 16.7. The Morgan fingerprint density at radius 1 is 1.38 bits per heavy atom. The van der Waals surface area contributed by atoms with Crippen LogP contribution in [0.25, 0.3) is 10.2 Å². The Labute approximate surface area is 171 Å². The summed E-state index contributed by atoms with van der Waals surface area (Å²) in [5.41, 5.74) is 14.0. The maximum atomic E-state index is 14.6. The molecule has 9 heteroatoms. The third-order valence-electron chi connectivity index (χ3n) is 4.81. The molecule has 0 saturated carbocycles. The van der Waals surface area contributed by atoms with E-state index in [0.717, 1.165) is 15.9 Å². The summed E-state index contributed by atoms with van der Waals surface area (Å²) in [7, 11) is 0. The van der Waals surface area contributed by atoms with Gasteiger partial charge in [-0.2, -0.15) is 0 Å². The van der Waals surface area contributed by atoms with E-state index >= 15 is 0 Å². The Hall–Kier alpha value is -2.91. The van der Waals surface area contributed by atoms with Gasteiger partial charge in [-0.05, 0) is 37.1 Å². The van der Waals surface area contributed by atoms with Gasteiger partial charge in [0.15, 0.2) is 11.6 Å². The normalized spacial score (nSPS) is 15.6. The van der Waals surface area contributed by atoms with Gasteiger partial charge in [-0.15, -0.1) is 11.3 Å². The number of carbonyl (C=O) groups excluding carboxylic acids is 1. The number of hydrogen-bond donors (Lipinski definition) is 4. The first-order valence-electron chi connectivity index (χ1n) is 9.32. The van der Waals surface area contributed by atoms with Gasteiger partial charge in [-0.3, -0.25) is 4.79 Å². The number of nitrogens with two attached hydrogens (primary N) is 2. The van der Waals surface area contributed by atoms with Crippen molar-refractivity contribution in [3.8, 4) is 5.75 Å². The van der Waals surface area contributed by atoms with Crippen molar-refractivity contribution in [3.05, 3.63) is 46.2 Å². The van der Waals surface area contributed by atoms with Crippen LogP contribution >= 0.6 is 11.3 Å². The molecular weight excluding hydrogens is 393 g/mol. The average Bonchev–Trinajstić information content (AvgIpc) is 3.03. The van der Waals surface area contributed by atoms with Crippen LogP contribution in [0.3, 0.4) is 0 Å². The first-order chi connectivity index (χ1) is 14.0. The molecule has 1 aromatic carbocycles. The predicted octanol–water partition coefficient (Wildman–Crippen LogP) is 2.43. The number of ether oxygens (including phenoxy) is 1. The molecule has 1 atom stereocenters. The van der Waals surface area contributed by atoms with Crippen LogP contribution in [0.2, 0.25) is 0 Å². The van der Waals surface area contributed by atoms with Gasteiger partial charge in [0.05, 0.1) is 17.4 Å². The fourth-order valence-electron chi connectivity index (χ4n) is 3.37. The molecule has 6 N–H and O–H groups in total. The molecule has 0 radical (unpaired) electrons. The molecule has 1 amide bonds. The summed E-state index contributed by atoms with van der Waals surface area (Å²) in [4.78, 5) is 18.4. The van der Waals surface area contributed by atoms with Gasteiger partial charge in [0, 0.05) is 24.2 Å². The van der Waals surface area contributed by atoms with Crippen molar-refractivity contribution in [2.75, 3.05) is 30.7 Å². The average molecular weight is 415 g/mol. The third-order valence-corrected chi connectivity index (χ3v) is 5.92. The largest absolute Gasteiger partial charge is 0.488 e. The topological polar surface area (TPSA) is 115 Å². The number of halogens is 1. The number of benzene rings is 1. The number of thiophene rings is 1. The van der Waals surface area contributed by atoms with Crippen molar-refractivity contribution in [1.29, 1.82) is 0 Å². The highest BCUT2D eigenvalue weighted by molar-refractivity contribution is 7.21. The summed E-state index contributed by atoms with van der Waals surface area (Å²) < 4.78 is 20.2. The van der Waals surface area contributed by atoms with E-state index in [4.69, 9.17) is 16.2 Å². The smallest absolute Gasteiger partial charge is 0.263 e. The predicted molar refractivity (Wildman–Crippen MR) is 113 cm³/mol. The molecule has 1 aliphatic rings. The number of aryl methyl sites for hydroxylation is 1. The summed E-state index contributed by atoms with van der Waals surface area (Å²) in [6.45, 7) is 2.95. The van der Waals surface area contributed by atoms with Gasteiger partial charge in [-0.25, -0.2) is 9.37 Å². The van der Waals surface area contributed by atoms with Gasteiger partial charge in [-0.1, -0.05) is 6.07 Å². The van der Waals surface area contributed by atoms with Crippen molar-refractivity contribution in [1.82, 2.24) is 10.3 Å². The Morgan fingerprint density at radius 2 is 2.21 bits per heavy atom. The lowest BCUT2D eigenvalue weighted by Crippen LogP contribution is -2.42. The fraction of sp³-hybridized carbons (Fsp3) is 0.300. The zero-order chi connectivity index (χ0) is 20.5. The highest BCUT2D eigenvalue weighted by Crippen LogP contribution is 2.34. The molecule has 7 nitrogen and oxygen atoms in total. The molecule has 29 heavy (non-hydrogen) atoms. The summed E-state index contributed by atoms with van der Waals surface area (Å²) in [5.74, 6) is -0.489. The lowest BCUT2D eigenvalue weighted by Gasteiger charge is -2.27. The van der Waals surface area contributed by atoms with E-state index < -0.39 is 5.82 Å². The molecule has 3 aromatic rings. The quantitative estimate of drug-likeness (QED) is 0.509. The second-order valence-corrected chi connectivity index (χ2v) is 7.97. The molecule has 4 rings (SSSR count). The van der Waals surface area contributed by atoms with Crippen molar-refractivity contribution >= 4 is 38.8 Å². The van der Waals surface area contributed by atoms with Crippen LogP contribution in [0, 0.1) is 12.7 Å². The highest BCUT2D eigenvalue weighted by Gasteiger charge is 2.27. The lowest BCUT2D eigenvalue weighted by molar-refractivity contribution is 0.0919. The van der Waals surface area contributed by atoms with Crippen LogP contribution in [0.5, 0.6) is 5.75 Å². The molecule has 2 aromatic heterocycles. The van der Waals surface area contributed by atoms with E-state index in [1.807, 2.05) is 19.1 Å². The number of aromatic nitrogens is 1. The van der Waals surface area contributed by atoms with Crippen LogP contribution in [0.15, 0.2) is 24.3 Å². The number of rotatable bonds is 5. The second-order valence-electron chi connectivity index (χ2n) is 6.97. The minimum absolute atomic E-state index is 0.179. The molecule has 1 aliphatic heterocycles. The van der Waals surface area contributed by atoms with E-state index in [0.29, 0.717) is 41.3 Å². The number of nitrogens with one attached hydrogen (secondary N) is 2. The van der Waals surface area contributed by atoms with Crippen LogP contribution in [-0.4, -0.2) is 36.6 Å². The molecule has 0 saturated heterocycles. The van der Waals surface area contributed by atoms with Crippen molar-refractivity contribution in [2.45, 2.75) is 19.4 Å². The van der Waals surface area contributed by atoms with Crippen molar-refractivity contribution < 1.29 is 13.9 Å². The summed E-state index contributed by atoms with van der Waals surface area (Å²) >= 11 is 1.26. The lowest BCUT2D eigenvalue weighted by atomic mass is 10.0. The van der Waals surface area contributed by atoms with E-state index in [-0.39, 0.29) is 24.3 Å². The van der Waals surface area contributed by atoms with Crippen LogP contribution in [0.4, 0.5) is 15.8 Å². The first kappa shape index (κ1) is 19.4. The van der Waals surface area contributed by atoms with E-state index in [2.05, 4.69) is 15.6 Å². The number of nitrogens with zero attached hydrogens (tertiary/aromatic N) is 1. The molecule has 0 fully saturated rings. The zero-order valence-electron chi connectivity index (χ0n) is 15.9. The number of nitrogen functional groups attached to an aromatic ring is 1. The van der Waals surface area contributed by atoms with E-state index in [9.17, 15) is 9.18 Å². The molecular formula is C20H22FN5O2S. The maximum Gasteiger partial charge on any atom is 0.263 e. The maximum absolute atomic E-state index is 14.6. The summed E-state index contributed by atoms with van der Waals surface area (Å²) in [6, 6.07) is 6.92. The Balaban J connectivity index is 1.50. The van der Waals surface area contributed by atoms with Gasteiger partial charge >= 0.3 is 0 Å². The van der Waals surface area contributed by atoms with Gasteiger partial charge in [0.25, 0.3) is 5.91 Å². The monoisotopic (exact) mass is 415 g/mol. The number of carbonyl (C=O) groups is 1. The molecule has 0 bridgehead atoms. The van der Waals surface area contributed by atoms with Gasteiger partial charge in [0.2, 0.25) is 0 Å². The number of anilines is 2. The van der Waals surface area contributed by atoms with Gasteiger partial charge < -0.3 is 26.8 Å². The second kappa shape index (κ2) is 7.84. The van der Waals surface area contributed by atoms with E-state index in [1.165, 1.54) is 11.3 Å². The minimum atomic E-state index is -0.434. The Morgan fingerprint density at radius 3 is 3.00 bits per heavy atom. The SMILES string of the molecule is Cc1ccc2c(N)c(C(=O)N[C@H]3COc4c(ccc(NCCN)c4F)C3)sc2n1. The fourth-order valence-corrected chi connectivity index (χ4v) is 4.41. The number of hydrogen-bond acceptors (Lipinski definition) is 7. The van der Waals surface area contributed by atoms with E-state index in [1.54, 1.807) is 12.1 Å². The third kappa shape index (κ3) is 3.70. The minimum Gasteiger partial charge on any atom is -0.488 e. The first-order valence-corrected chi connectivity index (χ1v) is 10.1. The number of fused-ring (bicyclic) bond motifs is 2. The van der Waals surface area contributed by atoms with Crippen molar-refractivity contribution in [3.63, 3.8) is 0 Å². The standard InChI is InChI=1S/C20H22FN5O2S/c1-10-2-4-13-16(23)18(29-20(13)25-10)19(27)26-12-8-11-3-5-14(24-7-6-22)15(21)17(11)28-9-12/h2-5,12,24H,6-9,22-23H2,1H3,(H,26,27)/t12-/m1/s1. The Kier molecular flexibility index (Phi) is 5.25. The molecule has 0 aliphatic carbocycles. The molecule has 0 spiro atoms. The summed E-state index contributed by atoms with van der Waals surface area (Å²) in [5, 5.41) is 6.65. The van der Waals surface area contributed by atoms with Crippen LogP contribution in [0.1, 0.15) is 20.9 Å². The van der Waals surface area contributed by atoms with Crippen molar-refractivity contribution in [2.24, 2.45) is 5.73 Å².